The second-order valence-electron chi connectivity index (χ2n) is 1.15. The van der Waals surface area contributed by atoms with E-state index in [9.17, 15) is 0 Å². The van der Waals surface area contributed by atoms with E-state index in [2.05, 4.69) is 0 Å². The summed E-state index contributed by atoms with van der Waals surface area (Å²) in [6.45, 7) is 1.79. The molecule has 38 valence electrons. The summed E-state index contributed by atoms with van der Waals surface area (Å²) < 4.78 is 0. The van der Waals surface area contributed by atoms with Gasteiger partial charge in [0.05, 0.1) is 6.07 Å². The Morgan fingerprint density at radius 1 is 1.86 bits per heavy atom. The van der Waals surface area contributed by atoms with Gasteiger partial charge in [-0.1, -0.05) is 0 Å². The maximum absolute atomic E-state index is 8.13. The predicted molar refractivity (Wildman–Crippen MR) is 32.9 cm³/mol. The van der Waals surface area contributed by atoms with Crippen LogP contribution in [0.2, 0.25) is 0 Å². The number of nitrogens with zero attached hydrogens (tertiary/aromatic N) is 1. The molecule has 0 aromatic rings. The van der Waals surface area contributed by atoms with Crippen LogP contribution in [0.25, 0.3) is 0 Å². The fourth-order valence-electron chi connectivity index (χ4n) is 0.203. The number of allylic oxidation sites excluding steroid dienone is 1. The maximum atomic E-state index is 8.13. The summed E-state index contributed by atoms with van der Waals surface area (Å²) in [7, 11) is 0. The molecule has 7 heavy (non-hydrogen) atoms. The minimum absolute atomic E-state index is 0.771. The molecular weight excluding hydrogens is 106 g/mol. The molecule has 0 aliphatic heterocycles. The molecule has 1 nitrogen and oxygen atoms in total. The van der Waals surface area contributed by atoms with Crippen molar-refractivity contribution in [3.63, 3.8) is 0 Å². The summed E-state index contributed by atoms with van der Waals surface area (Å²) in [5.74, 6) is 0. The van der Waals surface area contributed by atoms with Gasteiger partial charge < -0.3 is 0 Å². The number of nitriles is 1. The minimum Gasteiger partial charge on any atom is -0.193 e. The molecular formula is C5H7NS. The van der Waals surface area contributed by atoms with Crippen LogP contribution in [0, 0.1) is 11.3 Å². The van der Waals surface area contributed by atoms with Crippen molar-refractivity contribution < 1.29 is 0 Å². The largest absolute Gasteiger partial charge is 0.193 e. The van der Waals surface area contributed by atoms with Gasteiger partial charge >= 0.3 is 0 Å². The molecule has 0 aromatic carbocycles. The van der Waals surface area contributed by atoms with Crippen molar-refractivity contribution in [1.82, 2.24) is 0 Å². The Morgan fingerprint density at radius 3 is 2.57 bits per heavy atom. The quantitative estimate of drug-likeness (QED) is 0.484. The second kappa shape index (κ2) is 3.76. The van der Waals surface area contributed by atoms with E-state index in [1.54, 1.807) is 18.7 Å². The van der Waals surface area contributed by atoms with Gasteiger partial charge in [-0.3, -0.25) is 0 Å². The minimum atomic E-state index is 0.771. The lowest BCUT2D eigenvalue weighted by Gasteiger charge is -1.77. The van der Waals surface area contributed by atoms with E-state index in [0.717, 1.165) is 5.57 Å². The monoisotopic (exact) mass is 113 g/mol. The molecule has 0 rings (SSSR count). The van der Waals surface area contributed by atoms with Gasteiger partial charge in [-0.05, 0) is 18.6 Å². The summed E-state index contributed by atoms with van der Waals surface area (Å²) in [5.41, 5.74) is 0.771. The van der Waals surface area contributed by atoms with Crippen LogP contribution in [0.3, 0.4) is 0 Å². The Labute approximate surface area is 48.0 Å². The lowest BCUT2D eigenvalue weighted by molar-refractivity contribution is 1.46. The maximum Gasteiger partial charge on any atom is 0.0949 e. The molecule has 0 bridgehead atoms. The molecule has 0 aromatic heterocycles. The molecule has 0 atom stereocenters. The number of hydrogen-bond acceptors (Lipinski definition) is 2. The van der Waals surface area contributed by atoms with Crippen molar-refractivity contribution in [2.75, 3.05) is 6.26 Å². The van der Waals surface area contributed by atoms with Crippen LogP contribution in [-0.4, -0.2) is 6.26 Å². The van der Waals surface area contributed by atoms with Crippen LogP contribution in [0.15, 0.2) is 11.0 Å². The SMILES string of the molecule is CSC=C(C)C#N. The lowest BCUT2D eigenvalue weighted by atomic mass is 10.4. The molecule has 0 radical (unpaired) electrons. The van der Waals surface area contributed by atoms with E-state index in [0.29, 0.717) is 0 Å². The van der Waals surface area contributed by atoms with Crippen LogP contribution >= 0.6 is 11.8 Å². The van der Waals surface area contributed by atoms with Crippen LogP contribution in [0.4, 0.5) is 0 Å². The van der Waals surface area contributed by atoms with Gasteiger partial charge in [0, 0.05) is 5.57 Å². The smallest absolute Gasteiger partial charge is 0.0949 e. The summed E-state index contributed by atoms with van der Waals surface area (Å²) in [6.07, 6.45) is 1.93. The Hall–Kier alpha value is -0.420. The Kier molecular flexibility index (Phi) is 3.53. The van der Waals surface area contributed by atoms with E-state index in [1.165, 1.54) is 0 Å². The number of thioether (sulfide) groups is 1. The molecule has 0 aliphatic rings. The molecule has 0 fully saturated rings. The third-order valence-electron chi connectivity index (χ3n) is 0.471. The summed E-state index contributed by atoms with van der Waals surface area (Å²) in [6, 6.07) is 2.01. The number of rotatable bonds is 1. The van der Waals surface area contributed by atoms with Crippen LogP contribution in [0.1, 0.15) is 6.92 Å². The van der Waals surface area contributed by atoms with Gasteiger partial charge in [-0.25, -0.2) is 0 Å². The molecule has 0 saturated carbocycles. The number of hydrogen-bond donors (Lipinski definition) is 0. The molecule has 0 spiro atoms. The van der Waals surface area contributed by atoms with Gasteiger partial charge in [-0.2, -0.15) is 5.26 Å². The van der Waals surface area contributed by atoms with Crippen molar-refractivity contribution in [2.45, 2.75) is 6.92 Å². The van der Waals surface area contributed by atoms with E-state index in [-0.39, 0.29) is 0 Å². The third kappa shape index (κ3) is 3.41. The fourth-order valence-corrected chi connectivity index (χ4v) is 0.609. The standard InChI is InChI=1S/C5H7NS/c1-5(3-6)4-7-2/h4H,1-2H3. The molecule has 0 unspecified atom stereocenters. The molecule has 0 aliphatic carbocycles. The van der Waals surface area contributed by atoms with Crippen molar-refractivity contribution in [1.29, 1.82) is 5.26 Å². The Bertz CT molecular complexity index is 110. The van der Waals surface area contributed by atoms with Crippen molar-refractivity contribution >= 4 is 11.8 Å². The first-order valence-corrected chi connectivity index (χ1v) is 3.19. The summed E-state index contributed by atoms with van der Waals surface area (Å²) in [5, 5.41) is 9.95. The topological polar surface area (TPSA) is 23.8 Å². The lowest BCUT2D eigenvalue weighted by Crippen LogP contribution is -1.59. The van der Waals surface area contributed by atoms with Crippen molar-refractivity contribution in [3.05, 3.63) is 11.0 Å². The van der Waals surface area contributed by atoms with E-state index >= 15 is 0 Å². The van der Waals surface area contributed by atoms with Gasteiger partial charge in [0.1, 0.15) is 0 Å². The molecule has 0 heterocycles. The van der Waals surface area contributed by atoms with Gasteiger partial charge in [0.25, 0.3) is 0 Å². The van der Waals surface area contributed by atoms with E-state index in [4.69, 9.17) is 5.26 Å². The van der Waals surface area contributed by atoms with Crippen LogP contribution < -0.4 is 0 Å². The molecule has 0 saturated heterocycles. The van der Waals surface area contributed by atoms with Gasteiger partial charge in [-0.15, -0.1) is 11.8 Å². The average molecular weight is 113 g/mol. The predicted octanol–water partition coefficient (Wildman–Crippen LogP) is 1.78. The zero-order valence-corrected chi connectivity index (χ0v) is 5.25. The highest BCUT2D eigenvalue weighted by Crippen LogP contribution is 1.98. The van der Waals surface area contributed by atoms with Crippen LogP contribution in [-0.2, 0) is 0 Å². The summed E-state index contributed by atoms with van der Waals surface area (Å²) >= 11 is 1.55. The van der Waals surface area contributed by atoms with E-state index < -0.39 is 0 Å². The Morgan fingerprint density at radius 2 is 2.43 bits per heavy atom. The molecule has 0 N–H and O–H groups in total. The first-order chi connectivity index (χ1) is 3.31. The molecule has 2 heteroatoms. The zero-order valence-electron chi connectivity index (χ0n) is 4.43. The molecule has 0 amide bonds. The van der Waals surface area contributed by atoms with Gasteiger partial charge in [0.2, 0.25) is 0 Å². The highest BCUT2D eigenvalue weighted by molar-refractivity contribution is 8.01. The van der Waals surface area contributed by atoms with E-state index in [1.807, 2.05) is 17.7 Å². The first kappa shape index (κ1) is 6.58. The zero-order chi connectivity index (χ0) is 5.70. The van der Waals surface area contributed by atoms with Crippen molar-refractivity contribution in [3.8, 4) is 6.07 Å². The summed E-state index contributed by atoms with van der Waals surface area (Å²) in [4.78, 5) is 0. The average Bonchev–Trinajstić information content (AvgIpc) is 1.68. The van der Waals surface area contributed by atoms with Gasteiger partial charge in [0.15, 0.2) is 0 Å². The first-order valence-electron chi connectivity index (χ1n) is 1.91. The third-order valence-corrected chi connectivity index (χ3v) is 1.06. The Balaban J connectivity index is 3.57. The van der Waals surface area contributed by atoms with Crippen molar-refractivity contribution in [2.24, 2.45) is 0 Å². The fraction of sp³-hybridized carbons (Fsp3) is 0.400. The second-order valence-corrected chi connectivity index (χ2v) is 1.86. The highest BCUT2D eigenvalue weighted by Gasteiger charge is 1.76. The van der Waals surface area contributed by atoms with Crippen LogP contribution in [0.5, 0.6) is 0 Å². The normalized spacial score (nSPS) is 10.7. The highest BCUT2D eigenvalue weighted by atomic mass is 32.2.